The molecule has 1 aromatic carbocycles. The summed E-state index contributed by atoms with van der Waals surface area (Å²) in [5, 5.41) is 0. The highest BCUT2D eigenvalue weighted by molar-refractivity contribution is 7.80. The number of thiol groups is 1. The van der Waals surface area contributed by atoms with E-state index in [1.165, 1.54) is 0 Å². The van der Waals surface area contributed by atoms with Crippen molar-refractivity contribution in [2.45, 2.75) is 11.3 Å². The number of hydrogen-bond acceptors (Lipinski definition) is 4. The van der Waals surface area contributed by atoms with Crippen molar-refractivity contribution in [3.63, 3.8) is 0 Å². The first-order chi connectivity index (χ1) is 7.75. The van der Waals surface area contributed by atoms with Crippen LogP contribution >= 0.6 is 12.6 Å². The van der Waals surface area contributed by atoms with Gasteiger partial charge in [-0.1, -0.05) is 6.07 Å². The van der Waals surface area contributed by atoms with Crippen molar-refractivity contribution in [1.82, 2.24) is 0 Å². The minimum atomic E-state index is -0.289. The van der Waals surface area contributed by atoms with E-state index in [-0.39, 0.29) is 5.97 Å². The minimum Gasteiger partial charge on any atom is -0.462 e. The summed E-state index contributed by atoms with van der Waals surface area (Å²) >= 11 is 4.18. The van der Waals surface area contributed by atoms with Crippen LogP contribution in [0.1, 0.15) is 16.8 Å². The zero-order chi connectivity index (χ0) is 11.4. The second kappa shape index (κ2) is 5.37. The van der Waals surface area contributed by atoms with Crippen LogP contribution < -0.4 is 0 Å². The summed E-state index contributed by atoms with van der Waals surface area (Å²) in [6.07, 6.45) is 0.972. The fourth-order valence-electron chi connectivity index (χ4n) is 1.62. The zero-order valence-corrected chi connectivity index (χ0v) is 9.78. The zero-order valence-electron chi connectivity index (χ0n) is 8.89. The fraction of sp³-hybridized carbons (Fsp3) is 0.417. The van der Waals surface area contributed by atoms with E-state index in [4.69, 9.17) is 9.47 Å². The van der Waals surface area contributed by atoms with Crippen LogP contribution in [0.2, 0.25) is 0 Å². The molecule has 4 heteroatoms. The van der Waals surface area contributed by atoms with Crippen molar-refractivity contribution in [2.75, 3.05) is 19.8 Å². The molecule has 1 aliphatic heterocycles. The van der Waals surface area contributed by atoms with E-state index in [1.54, 1.807) is 18.2 Å². The van der Waals surface area contributed by atoms with Crippen LogP contribution in [0.15, 0.2) is 29.2 Å². The molecule has 1 saturated heterocycles. The van der Waals surface area contributed by atoms with E-state index in [1.807, 2.05) is 6.07 Å². The summed E-state index contributed by atoms with van der Waals surface area (Å²) in [7, 11) is 0. The van der Waals surface area contributed by atoms with E-state index in [0.717, 1.165) is 17.9 Å². The second-order valence-electron chi connectivity index (χ2n) is 3.88. The molecule has 0 saturated carbocycles. The van der Waals surface area contributed by atoms with Gasteiger partial charge in [-0.3, -0.25) is 0 Å². The first kappa shape index (κ1) is 11.5. The molecule has 1 atom stereocenters. The molecule has 0 aliphatic carbocycles. The topological polar surface area (TPSA) is 35.5 Å². The van der Waals surface area contributed by atoms with Crippen LogP contribution in [0.4, 0.5) is 0 Å². The number of rotatable bonds is 3. The van der Waals surface area contributed by atoms with Crippen LogP contribution in [-0.4, -0.2) is 25.8 Å². The molecular formula is C12H14O3S. The van der Waals surface area contributed by atoms with Crippen molar-refractivity contribution in [3.8, 4) is 0 Å². The lowest BCUT2D eigenvalue weighted by Crippen LogP contribution is -2.14. The summed E-state index contributed by atoms with van der Waals surface area (Å²) < 4.78 is 10.4. The van der Waals surface area contributed by atoms with Crippen molar-refractivity contribution in [2.24, 2.45) is 5.92 Å². The van der Waals surface area contributed by atoms with Gasteiger partial charge >= 0.3 is 5.97 Å². The molecule has 1 heterocycles. The van der Waals surface area contributed by atoms with Gasteiger partial charge in [-0.15, -0.1) is 12.6 Å². The fourth-order valence-corrected chi connectivity index (χ4v) is 1.85. The van der Waals surface area contributed by atoms with Crippen LogP contribution in [0.3, 0.4) is 0 Å². The second-order valence-corrected chi connectivity index (χ2v) is 4.39. The van der Waals surface area contributed by atoms with Crippen LogP contribution in [-0.2, 0) is 9.47 Å². The number of benzene rings is 1. The first-order valence-electron chi connectivity index (χ1n) is 5.29. The van der Waals surface area contributed by atoms with Crippen molar-refractivity contribution in [3.05, 3.63) is 29.8 Å². The molecule has 1 fully saturated rings. The number of ether oxygens (including phenoxy) is 2. The molecule has 3 nitrogen and oxygen atoms in total. The highest BCUT2D eigenvalue weighted by Crippen LogP contribution is 2.14. The molecule has 0 amide bonds. The molecule has 0 aromatic heterocycles. The SMILES string of the molecule is O=C(OCC1CCOC1)c1cccc(S)c1. The van der Waals surface area contributed by atoms with Gasteiger partial charge in [0.25, 0.3) is 0 Å². The van der Waals surface area contributed by atoms with E-state index in [9.17, 15) is 4.79 Å². The highest BCUT2D eigenvalue weighted by atomic mass is 32.1. The van der Waals surface area contributed by atoms with Crippen LogP contribution in [0, 0.1) is 5.92 Å². The smallest absolute Gasteiger partial charge is 0.338 e. The summed E-state index contributed by atoms with van der Waals surface area (Å²) in [5.74, 6) is 0.0611. The lowest BCUT2D eigenvalue weighted by atomic mass is 10.1. The predicted octanol–water partition coefficient (Wildman–Crippen LogP) is 2.17. The monoisotopic (exact) mass is 238 g/mol. The van der Waals surface area contributed by atoms with Gasteiger partial charge in [-0.05, 0) is 24.6 Å². The standard InChI is InChI=1S/C12H14O3S/c13-12(10-2-1-3-11(16)6-10)15-8-9-4-5-14-7-9/h1-3,6,9,16H,4-5,7-8H2. The van der Waals surface area contributed by atoms with E-state index in [0.29, 0.717) is 24.7 Å². The van der Waals surface area contributed by atoms with Crippen molar-refractivity contribution < 1.29 is 14.3 Å². The van der Waals surface area contributed by atoms with Crippen LogP contribution in [0.25, 0.3) is 0 Å². The third-order valence-corrected chi connectivity index (χ3v) is 2.83. The molecule has 16 heavy (non-hydrogen) atoms. The number of esters is 1. The number of carbonyl (C=O) groups excluding carboxylic acids is 1. The molecule has 1 aliphatic rings. The third-order valence-electron chi connectivity index (χ3n) is 2.56. The average molecular weight is 238 g/mol. The van der Waals surface area contributed by atoms with Gasteiger partial charge in [0.1, 0.15) is 0 Å². The highest BCUT2D eigenvalue weighted by Gasteiger charge is 2.18. The summed E-state index contributed by atoms with van der Waals surface area (Å²) in [6, 6.07) is 7.05. The third kappa shape index (κ3) is 3.00. The Labute approximate surface area is 100 Å². The molecule has 1 unspecified atom stereocenters. The molecule has 86 valence electrons. The molecular weight excluding hydrogens is 224 g/mol. The predicted molar refractivity (Wildman–Crippen MR) is 62.9 cm³/mol. The summed E-state index contributed by atoms with van der Waals surface area (Å²) in [6.45, 7) is 1.91. The maximum atomic E-state index is 11.7. The lowest BCUT2D eigenvalue weighted by Gasteiger charge is -2.08. The van der Waals surface area contributed by atoms with E-state index < -0.39 is 0 Å². The Balaban J connectivity index is 1.87. The van der Waals surface area contributed by atoms with Crippen LogP contribution in [0.5, 0.6) is 0 Å². The number of carbonyl (C=O) groups is 1. The molecule has 1 aromatic rings. The molecule has 0 N–H and O–H groups in total. The van der Waals surface area contributed by atoms with Gasteiger partial charge in [0, 0.05) is 17.4 Å². The van der Waals surface area contributed by atoms with Gasteiger partial charge in [0.15, 0.2) is 0 Å². The van der Waals surface area contributed by atoms with Gasteiger partial charge in [-0.25, -0.2) is 4.79 Å². The largest absolute Gasteiger partial charge is 0.462 e. The summed E-state index contributed by atoms with van der Waals surface area (Å²) in [5.41, 5.74) is 0.548. The first-order valence-corrected chi connectivity index (χ1v) is 5.74. The van der Waals surface area contributed by atoms with Crippen molar-refractivity contribution >= 4 is 18.6 Å². The molecule has 0 radical (unpaired) electrons. The molecule has 0 spiro atoms. The Bertz CT molecular complexity index is 372. The Morgan fingerprint density at radius 2 is 2.44 bits per heavy atom. The van der Waals surface area contributed by atoms with Gasteiger partial charge in [0.05, 0.1) is 18.8 Å². The van der Waals surface area contributed by atoms with Gasteiger partial charge in [-0.2, -0.15) is 0 Å². The quantitative estimate of drug-likeness (QED) is 0.647. The summed E-state index contributed by atoms with van der Waals surface area (Å²) in [4.78, 5) is 12.4. The minimum absolute atomic E-state index is 0.289. The molecule has 0 bridgehead atoms. The molecule has 2 rings (SSSR count). The van der Waals surface area contributed by atoms with Gasteiger partial charge in [0.2, 0.25) is 0 Å². The van der Waals surface area contributed by atoms with Gasteiger partial charge < -0.3 is 9.47 Å². The van der Waals surface area contributed by atoms with E-state index >= 15 is 0 Å². The normalized spacial score (nSPS) is 19.7. The Morgan fingerprint density at radius 3 is 3.12 bits per heavy atom. The Morgan fingerprint density at radius 1 is 1.56 bits per heavy atom. The number of hydrogen-bond donors (Lipinski definition) is 1. The van der Waals surface area contributed by atoms with Crippen molar-refractivity contribution in [1.29, 1.82) is 0 Å². The average Bonchev–Trinajstić information content (AvgIpc) is 2.78. The van der Waals surface area contributed by atoms with E-state index in [2.05, 4.69) is 12.6 Å². The lowest BCUT2D eigenvalue weighted by molar-refractivity contribution is 0.0428. The Hall–Kier alpha value is -1.00. The maximum absolute atomic E-state index is 11.7. The maximum Gasteiger partial charge on any atom is 0.338 e. The Kier molecular flexibility index (Phi) is 3.85.